The second-order valence-electron chi connectivity index (χ2n) is 5.71. The summed E-state index contributed by atoms with van der Waals surface area (Å²) in [7, 11) is 1.30. The highest BCUT2D eigenvalue weighted by Crippen LogP contribution is 2.33. The third kappa shape index (κ3) is 4.14. The molecule has 2 rings (SSSR count). The molecule has 6 nitrogen and oxygen atoms in total. The SMILES string of the molecule is CCC1CCC(O)(CNc2cnc(C(=O)OC)cn2)CC1. The summed E-state index contributed by atoms with van der Waals surface area (Å²) < 4.78 is 4.57. The van der Waals surface area contributed by atoms with Gasteiger partial charge >= 0.3 is 5.97 Å². The molecule has 1 fully saturated rings. The van der Waals surface area contributed by atoms with E-state index in [1.807, 2.05) is 0 Å². The van der Waals surface area contributed by atoms with Gasteiger partial charge in [-0.25, -0.2) is 14.8 Å². The Labute approximate surface area is 124 Å². The van der Waals surface area contributed by atoms with Crippen molar-refractivity contribution in [3.63, 3.8) is 0 Å². The molecule has 2 N–H and O–H groups in total. The van der Waals surface area contributed by atoms with Gasteiger partial charge in [0.1, 0.15) is 5.82 Å². The van der Waals surface area contributed by atoms with E-state index in [4.69, 9.17) is 0 Å². The molecule has 6 heteroatoms. The van der Waals surface area contributed by atoms with Gasteiger partial charge in [-0.05, 0) is 31.6 Å². The molecule has 116 valence electrons. The van der Waals surface area contributed by atoms with E-state index in [2.05, 4.69) is 26.9 Å². The molecule has 1 aromatic heterocycles. The van der Waals surface area contributed by atoms with Crippen LogP contribution < -0.4 is 5.32 Å². The quantitative estimate of drug-likeness (QED) is 0.808. The van der Waals surface area contributed by atoms with E-state index in [1.54, 1.807) is 0 Å². The first-order valence-corrected chi connectivity index (χ1v) is 7.43. The lowest BCUT2D eigenvalue weighted by Gasteiger charge is -2.35. The Kier molecular flexibility index (Phi) is 5.12. The molecule has 1 aliphatic carbocycles. The molecule has 0 radical (unpaired) electrons. The van der Waals surface area contributed by atoms with Crippen molar-refractivity contribution in [1.29, 1.82) is 0 Å². The van der Waals surface area contributed by atoms with Crippen LogP contribution in [-0.2, 0) is 4.74 Å². The maximum absolute atomic E-state index is 11.3. The van der Waals surface area contributed by atoms with Gasteiger partial charge in [-0.1, -0.05) is 13.3 Å². The molecule has 1 aromatic rings. The molecule has 0 aliphatic heterocycles. The highest BCUT2D eigenvalue weighted by atomic mass is 16.5. The van der Waals surface area contributed by atoms with Crippen molar-refractivity contribution < 1.29 is 14.6 Å². The van der Waals surface area contributed by atoms with E-state index in [1.165, 1.54) is 25.9 Å². The lowest BCUT2D eigenvalue weighted by atomic mass is 9.78. The maximum atomic E-state index is 11.3. The topological polar surface area (TPSA) is 84.3 Å². The summed E-state index contributed by atoms with van der Waals surface area (Å²) in [5.74, 6) is 0.781. The number of aliphatic hydroxyl groups is 1. The molecule has 0 atom stereocenters. The van der Waals surface area contributed by atoms with Crippen LogP contribution in [0.2, 0.25) is 0 Å². The minimum Gasteiger partial charge on any atom is -0.464 e. The second kappa shape index (κ2) is 6.85. The van der Waals surface area contributed by atoms with E-state index in [9.17, 15) is 9.90 Å². The predicted octanol–water partition coefficient (Wildman–Crippen LogP) is 2.01. The normalized spacial score (nSPS) is 25.4. The van der Waals surface area contributed by atoms with Crippen molar-refractivity contribution in [2.75, 3.05) is 19.0 Å². The standard InChI is InChI=1S/C15H23N3O3/c1-3-11-4-6-15(20,7-5-11)10-18-13-9-16-12(8-17-13)14(19)21-2/h8-9,11,20H,3-7,10H2,1-2H3,(H,17,18). The molecule has 0 amide bonds. The zero-order valence-corrected chi connectivity index (χ0v) is 12.6. The van der Waals surface area contributed by atoms with E-state index >= 15 is 0 Å². The van der Waals surface area contributed by atoms with Crippen LogP contribution in [0.15, 0.2) is 12.4 Å². The molecule has 0 unspecified atom stereocenters. The molecular weight excluding hydrogens is 270 g/mol. The van der Waals surface area contributed by atoms with Gasteiger partial charge in [0, 0.05) is 6.54 Å². The average Bonchev–Trinajstić information content (AvgIpc) is 2.53. The van der Waals surface area contributed by atoms with Gasteiger partial charge in [0.05, 0.1) is 25.1 Å². The lowest BCUT2D eigenvalue weighted by molar-refractivity contribution is 0.00221. The number of carbonyl (C=O) groups is 1. The number of carbonyl (C=O) groups excluding carboxylic acids is 1. The van der Waals surface area contributed by atoms with Crippen LogP contribution in [0.3, 0.4) is 0 Å². The molecule has 1 saturated carbocycles. The molecule has 0 bridgehead atoms. The first-order chi connectivity index (χ1) is 10.1. The van der Waals surface area contributed by atoms with Crippen LogP contribution in [-0.4, -0.2) is 40.3 Å². The molecule has 0 spiro atoms. The van der Waals surface area contributed by atoms with Gasteiger partial charge in [-0.15, -0.1) is 0 Å². The summed E-state index contributed by atoms with van der Waals surface area (Å²) in [6.45, 7) is 2.65. The number of aromatic nitrogens is 2. The first kappa shape index (κ1) is 15.7. The summed E-state index contributed by atoms with van der Waals surface area (Å²) in [5, 5.41) is 13.6. The van der Waals surface area contributed by atoms with Crippen molar-refractivity contribution in [3.05, 3.63) is 18.1 Å². The van der Waals surface area contributed by atoms with Crippen LogP contribution in [0.5, 0.6) is 0 Å². The van der Waals surface area contributed by atoms with E-state index < -0.39 is 11.6 Å². The van der Waals surface area contributed by atoms with E-state index in [0.717, 1.165) is 31.6 Å². The van der Waals surface area contributed by atoms with Crippen LogP contribution in [0.4, 0.5) is 5.82 Å². The Morgan fingerprint density at radius 3 is 2.67 bits per heavy atom. The minimum atomic E-state index is -0.672. The Morgan fingerprint density at radius 1 is 1.43 bits per heavy atom. The largest absolute Gasteiger partial charge is 0.464 e. The van der Waals surface area contributed by atoms with Crippen LogP contribution in [0.25, 0.3) is 0 Å². The van der Waals surface area contributed by atoms with Gasteiger partial charge in [0.2, 0.25) is 0 Å². The zero-order valence-electron chi connectivity index (χ0n) is 12.6. The fourth-order valence-corrected chi connectivity index (χ4v) is 2.68. The molecular formula is C15H23N3O3. The van der Waals surface area contributed by atoms with Crippen molar-refractivity contribution >= 4 is 11.8 Å². The van der Waals surface area contributed by atoms with Gasteiger partial charge in [-0.3, -0.25) is 0 Å². The van der Waals surface area contributed by atoms with Crippen molar-refractivity contribution in [1.82, 2.24) is 9.97 Å². The number of anilines is 1. The number of hydrogen-bond acceptors (Lipinski definition) is 6. The number of nitrogens with one attached hydrogen (secondary N) is 1. The van der Waals surface area contributed by atoms with Crippen molar-refractivity contribution in [2.24, 2.45) is 5.92 Å². The van der Waals surface area contributed by atoms with Crippen LogP contribution >= 0.6 is 0 Å². The Balaban J connectivity index is 1.87. The maximum Gasteiger partial charge on any atom is 0.358 e. The number of hydrogen-bond donors (Lipinski definition) is 2. The summed E-state index contributed by atoms with van der Waals surface area (Å²) >= 11 is 0. The third-order valence-corrected chi connectivity index (χ3v) is 4.26. The molecule has 21 heavy (non-hydrogen) atoms. The monoisotopic (exact) mass is 293 g/mol. The third-order valence-electron chi connectivity index (χ3n) is 4.26. The smallest absolute Gasteiger partial charge is 0.358 e. The average molecular weight is 293 g/mol. The summed E-state index contributed by atoms with van der Waals surface area (Å²) in [5.41, 5.74) is -0.501. The van der Waals surface area contributed by atoms with Crippen molar-refractivity contribution in [3.8, 4) is 0 Å². The molecule has 1 aliphatic rings. The Hall–Kier alpha value is -1.69. The van der Waals surface area contributed by atoms with Gasteiger partial charge < -0.3 is 15.2 Å². The summed E-state index contributed by atoms with van der Waals surface area (Å²) in [4.78, 5) is 19.3. The van der Waals surface area contributed by atoms with Crippen LogP contribution in [0.1, 0.15) is 49.5 Å². The fourth-order valence-electron chi connectivity index (χ4n) is 2.68. The number of ether oxygens (including phenoxy) is 1. The Morgan fingerprint density at radius 2 is 2.14 bits per heavy atom. The minimum absolute atomic E-state index is 0.171. The number of rotatable bonds is 5. The van der Waals surface area contributed by atoms with Crippen molar-refractivity contribution in [2.45, 2.75) is 44.6 Å². The van der Waals surface area contributed by atoms with Gasteiger partial charge in [-0.2, -0.15) is 0 Å². The lowest BCUT2D eigenvalue weighted by Crippen LogP contribution is -2.40. The highest BCUT2D eigenvalue weighted by molar-refractivity contribution is 5.86. The fraction of sp³-hybridized carbons (Fsp3) is 0.667. The Bertz CT molecular complexity index is 468. The summed E-state index contributed by atoms with van der Waals surface area (Å²) in [6, 6.07) is 0. The molecule has 0 saturated heterocycles. The number of nitrogens with zero attached hydrogens (tertiary/aromatic N) is 2. The molecule has 1 heterocycles. The second-order valence-corrected chi connectivity index (χ2v) is 5.71. The number of esters is 1. The molecule has 0 aromatic carbocycles. The first-order valence-electron chi connectivity index (χ1n) is 7.43. The van der Waals surface area contributed by atoms with Gasteiger partial charge in [0.25, 0.3) is 0 Å². The summed E-state index contributed by atoms with van der Waals surface area (Å²) in [6.07, 6.45) is 7.80. The predicted molar refractivity (Wildman–Crippen MR) is 79.1 cm³/mol. The van der Waals surface area contributed by atoms with Crippen LogP contribution in [0, 0.1) is 5.92 Å². The van der Waals surface area contributed by atoms with E-state index in [-0.39, 0.29) is 5.69 Å². The van der Waals surface area contributed by atoms with Gasteiger partial charge in [0.15, 0.2) is 5.69 Å². The van der Waals surface area contributed by atoms with E-state index in [0.29, 0.717) is 12.4 Å². The highest BCUT2D eigenvalue weighted by Gasteiger charge is 2.32. The zero-order chi connectivity index (χ0) is 15.3. The number of methoxy groups -OCH3 is 1.